The number of rotatable bonds is 3. The molecule has 0 bridgehead atoms. The van der Waals surface area contributed by atoms with Crippen LogP contribution in [0.25, 0.3) is 0 Å². The molecule has 0 heterocycles. The molecule has 7 heteroatoms. The van der Waals surface area contributed by atoms with Gasteiger partial charge in [-0.2, -0.15) is 18.4 Å². The van der Waals surface area contributed by atoms with Crippen molar-refractivity contribution in [3.8, 4) is 6.07 Å². The van der Waals surface area contributed by atoms with E-state index in [1.165, 1.54) is 33.8 Å². The maximum atomic E-state index is 12.7. The first-order valence-electron chi connectivity index (χ1n) is 4.68. The van der Waals surface area contributed by atoms with E-state index in [1.54, 1.807) is 0 Å². The van der Waals surface area contributed by atoms with Crippen molar-refractivity contribution in [1.82, 2.24) is 4.72 Å². The van der Waals surface area contributed by atoms with Gasteiger partial charge in [0.05, 0.1) is 21.8 Å². The second-order valence-electron chi connectivity index (χ2n) is 4.35. The Morgan fingerprint density at radius 1 is 1.31 bits per heavy atom. The molecule has 0 aliphatic rings. The molecule has 3 nitrogen and oxygen atoms in total. The largest absolute Gasteiger partial charge is 0.420 e. The molecule has 0 aromatic heterocycles. The number of alkyl halides is 3. The molecule has 2 atom stereocenters. The van der Waals surface area contributed by atoms with E-state index in [2.05, 4.69) is 0 Å². The van der Waals surface area contributed by atoms with Crippen LogP contribution >= 0.6 is 0 Å². The lowest BCUT2D eigenvalue weighted by Crippen LogP contribution is -2.58. The first-order valence-corrected chi connectivity index (χ1v) is 5.83. The van der Waals surface area contributed by atoms with Gasteiger partial charge in [0.1, 0.15) is 0 Å². The normalized spacial score (nSPS) is 18.6. The van der Waals surface area contributed by atoms with Crippen molar-refractivity contribution in [1.29, 1.82) is 5.26 Å². The van der Waals surface area contributed by atoms with E-state index in [1.807, 2.05) is 4.72 Å². The zero-order valence-electron chi connectivity index (χ0n) is 9.60. The van der Waals surface area contributed by atoms with Crippen molar-refractivity contribution < 1.29 is 17.4 Å². The zero-order chi connectivity index (χ0) is 13.2. The highest BCUT2D eigenvalue weighted by atomic mass is 32.2. The molecule has 0 radical (unpaired) electrons. The van der Waals surface area contributed by atoms with Gasteiger partial charge in [-0.15, -0.1) is 0 Å². The molecular formula is C9H15F3N2OS. The van der Waals surface area contributed by atoms with E-state index in [-0.39, 0.29) is 0 Å². The molecule has 0 aromatic carbocycles. The van der Waals surface area contributed by atoms with Crippen molar-refractivity contribution in [2.45, 2.75) is 50.6 Å². The molecule has 94 valence electrons. The lowest BCUT2D eigenvalue weighted by Gasteiger charge is -2.31. The second kappa shape index (κ2) is 4.72. The average Bonchev–Trinajstić information content (AvgIpc) is 2.10. The number of nitrogens with zero attached hydrogens (tertiary/aromatic N) is 1. The summed E-state index contributed by atoms with van der Waals surface area (Å²) in [6, 6.07) is 1.18. The van der Waals surface area contributed by atoms with Crippen molar-refractivity contribution in [2.75, 3.05) is 0 Å². The SMILES string of the molecule is CC[C@@](C#N)(N[S@](=O)C(C)(C)C)C(F)(F)F. The van der Waals surface area contributed by atoms with Gasteiger partial charge in [-0.25, -0.2) is 8.93 Å². The molecule has 0 fully saturated rings. The van der Waals surface area contributed by atoms with Crippen LogP contribution in [-0.4, -0.2) is 20.7 Å². The van der Waals surface area contributed by atoms with E-state index in [0.29, 0.717) is 0 Å². The van der Waals surface area contributed by atoms with Crippen LogP contribution in [0, 0.1) is 11.3 Å². The van der Waals surface area contributed by atoms with Crippen LogP contribution in [0.5, 0.6) is 0 Å². The molecule has 0 amide bonds. The number of hydrogen-bond donors (Lipinski definition) is 1. The van der Waals surface area contributed by atoms with E-state index in [9.17, 15) is 17.4 Å². The van der Waals surface area contributed by atoms with Gasteiger partial charge in [0.15, 0.2) is 0 Å². The summed E-state index contributed by atoms with van der Waals surface area (Å²) in [5, 5.41) is 8.66. The van der Waals surface area contributed by atoms with Gasteiger partial charge < -0.3 is 0 Å². The summed E-state index contributed by atoms with van der Waals surface area (Å²) >= 11 is 0. The Labute approximate surface area is 95.6 Å². The van der Waals surface area contributed by atoms with Gasteiger partial charge in [-0.1, -0.05) is 6.92 Å². The minimum absolute atomic E-state index is 0.491. The third kappa shape index (κ3) is 3.19. The molecule has 0 saturated carbocycles. The number of nitrogens with one attached hydrogen (secondary N) is 1. The average molecular weight is 256 g/mol. The Balaban J connectivity index is 5.15. The lowest BCUT2D eigenvalue weighted by atomic mass is 9.99. The van der Waals surface area contributed by atoms with Gasteiger partial charge in [-0.05, 0) is 27.2 Å². The van der Waals surface area contributed by atoms with Crippen molar-refractivity contribution >= 4 is 11.0 Å². The first-order chi connectivity index (χ1) is 7.00. The summed E-state index contributed by atoms with van der Waals surface area (Å²) in [6.07, 6.45) is -5.24. The molecule has 1 N–H and O–H groups in total. The fourth-order valence-corrected chi connectivity index (χ4v) is 1.74. The van der Waals surface area contributed by atoms with E-state index < -0.39 is 33.9 Å². The molecule has 0 aromatic rings. The quantitative estimate of drug-likeness (QED) is 0.842. The van der Waals surface area contributed by atoms with Gasteiger partial charge >= 0.3 is 6.18 Å². The number of hydrogen-bond acceptors (Lipinski definition) is 2. The third-order valence-electron chi connectivity index (χ3n) is 2.03. The third-order valence-corrected chi connectivity index (χ3v) is 3.67. The van der Waals surface area contributed by atoms with Crippen LogP contribution in [-0.2, 0) is 11.0 Å². The van der Waals surface area contributed by atoms with Crippen molar-refractivity contribution in [3.63, 3.8) is 0 Å². The predicted molar refractivity (Wildman–Crippen MR) is 55.7 cm³/mol. The second-order valence-corrected chi connectivity index (χ2v) is 6.32. The molecule has 0 rings (SSSR count). The van der Waals surface area contributed by atoms with Crippen LogP contribution in [0.3, 0.4) is 0 Å². The highest BCUT2D eigenvalue weighted by molar-refractivity contribution is 7.84. The highest BCUT2D eigenvalue weighted by Gasteiger charge is 2.56. The summed E-state index contributed by atoms with van der Waals surface area (Å²) in [6.45, 7) is 5.82. The fraction of sp³-hybridized carbons (Fsp3) is 0.889. The maximum absolute atomic E-state index is 12.7. The van der Waals surface area contributed by atoms with E-state index in [4.69, 9.17) is 5.26 Å². The van der Waals surface area contributed by atoms with Crippen LogP contribution in [0.15, 0.2) is 0 Å². The number of nitriles is 1. The Kier molecular flexibility index (Phi) is 4.54. The van der Waals surface area contributed by atoms with Crippen LogP contribution in [0.4, 0.5) is 13.2 Å². The molecule has 16 heavy (non-hydrogen) atoms. The minimum atomic E-state index is -4.75. The molecular weight excluding hydrogens is 241 g/mol. The predicted octanol–water partition coefficient (Wildman–Crippen LogP) is 2.27. The Hall–Kier alpha value is -0.610. The summed E-state index contributed by atoms with van der Waals surface area (Å²) in [4.78, 5) is 0. The van der Waals surface area contributed by atoms with Crippen LogP contribution in [0.1, 0.15) is 34.1 Å². The first kappa shape index (κ1) is 15.4. The van der Waals surface area contributed by atoms with Gasteiger partial charge in [0.25, 0.3) is 0 Å². The van der Waals surface area contributed by atoms with Crippen molar-refractivity contribution in [2.24, 2.45) is 0 Å². The monoisotopic (exact) mass is 256 g/mol. The van der Waals surface area contributed by atoms with E-state index >= 15 is 0 Å². The summed E-state index contributed by atoms with van der Waals surface area (Å²) < 4.78 is 50.7. The summed E-state index contributed by atoms with van der Waals surface area (Å²) in [7, 11) is -1.95. The Bertz CT molecular complexity index is 316. The molecule has 0 spiro atoms. The van der Waals surface area contributed by atoms with E-state index in [0.717, 1.165) is 0 Å². The minimum Gasteiger partial charge on any atom is -0.242 e. The smallest absolute Gasteiger partial charge is 0.242 e. The lowest BCUT2D eigenvalue weighted by molar-refractivity contribution is -0.174. The van der Waals surface area contributed by atoms with Crippen LogP contribution in [0.2, 0.25) is 0 Å². The Morgan fingerprint density at radius 2 is 1.75 bits per heavy atom. The zero-order valence-corrected chi connectivity index (χ0v) is 10.4. The highest BCUT2D eigenvalue weighted by Crippen LogP contribution is 2.33. The van der Waals surface area contributed by atoms with Gasteiger partial charge in [0.2, 0.25) is 5.54 Å². The summed E-state index contributed by atoms with van der Waals surface area (Å²) in [5.74, 6) is 0. The molecule has 0 saturated heterocycles. The topological polar surface area (TPSA) is 52.9 Å². The Morgan fingerprint density at radius 3 is 1.94 bits per heavy atom. The van der Waals surface area contributed by atoms with Crippen LogP contribution < -0.4 is 4.72 Å². The van der Waals surface area contributed by atoms with Gasteiger partial charge in [0, 0.05) is 0 Å². The fourth-order valence-electron chi connectivity index (χ4n) is 0.807. The molecule has 0 aliphatic carbocycles. The van der Waals surface area contributed by atoms with Crippen molar-refractivity contribution in [3.05, 3.63) is 0 Å². The molecule has 0 aliphatic heterocycles. The van der Waals surface area contributed by atoms with Gasteiger partial charge in [-0.3, -0.25) is 0 Å². The summed E-state index contributed by atoms with van der Waals surface area (Å²) in [5.41, 5.74) is -2.74. The maximum Gasteiger partial charge on any atom is 0.420 e. The molecule has 0 unspecified atom stereocenters. The number of halogens is 3. The standard InChI is InChI=1S/C9H15F3N2OS/c1-5-8(6-13,9(10,11)12)14-16(15)7(2,3)4/h14H,5H2,1-4H3/t8-,16+/m0/s1.